The first-order valence-corrected chi connectivity index (χ1v) is 6.52. The van der Waals surface area contributed by atoms with Crippen LogP contribution in [-0.4, -0.2) is 15.6 Å². The summed E-state index contributed by atoms with van der Waals surface area (Å²) in [5, 5.41) is 9.56. The quantitative estimate of drug-likeness (QED) is 0.917. The normalized spacial score (nSPS) is 12.4. The number of carboxylic acids is 1. The van der Waals surface area contributed by atoms with Crippen molar-refractivity contribution in [2.75, 3.05) is 0 Å². The van der Waals surface area contributed by atoms with E-state index in [1.54, 1.807) is 10.8 Å². The Hall–Kier alpha value is -1.26. The van der Waals surface area contributed by atoms with E-state index < -0.39 is 5.97 Å². The Balaban J connectivity index is 2.42. The molecule has 1 N–H and O–H groups in total. The molecule has 0 saturated carbocycles. The second kappa shape index (κ2) is 5.16. The molecule has 0 aliphatic carbocycles. The van der Waals surface area contributed by atoms with Gasteiger partial charge in [-0.15, -0.1) is 0 Å². The van der Waals surface area contributed by atoms with Gasteiger partial charge in [-0.1, -0.05) is 39.7 Å². The average Bonchev–Trinajstić information content (AvgIpc) is 2.71. The summed E-state index contributed by atoms with van der Waals surface area (Å²) in [6.45, 7) is 1.94. The fourth-order valence-electron chi connectivity index (χ4n) is 1.84. The van der Waals surface area contributed by atoms with Gasteiger partial charge in [0.05, 0.1) is 11.1 Å². The fraction of sp³-hybridized carbons (Fsp3) is 0.154. The van der Waals surface area contributed by atoms with Gasteiger partial charge in [0.1, 0.15) is 5.69 Å². The third-order valence-corrected chi connectivity index (χ3v) is 3.54. The summed E-state index contributed by atoms with van der Waals surface area (Å²) in [6, 6.07) is 9.13. The predicted octanol–water partition coefficient (Wildman–Crippen LogP) is 4.21. The molecular weight excluding hydrogens is 318 g/mol. The topological polar surface area (TPSA) is 42.2 Å². The van der Waals surface area contributed by atoms with E-state index in [0.29, 0.717) is 5.02 Å². The lowest BCUT2D eigenvalue weighted by Gasteiger charge is -2.16. The minimum atomic E-state index is -0.981. The van der Waals surface area contributed by atoms with Crippen LogP contribution in [0, 0.1) is 0 Å². The zero-order valence-electron chi connectivity index (χ0n) is 9.60. The molecular formula is C13H11BrClNO2. The minimum absolute atomic E-state index is 0.0864. The van der Waals surface area contributed by atoms with E-state index >= 15 is 0 Å². The summed E-state index contributed by atoms with van der Waals surface area (Å²) in [7, 11) is 0. The van der Waals surface area contributed by atoms with E-state index in [9.17, 15) is 4.79 Å². The van der Waals surface area contributed by atoms with Crippen molar-refractivity contribution in [3.8, 4) is 0 Å². The monoisotopic (exact) mass is 327 g/mol. The highest BCUT2D eigenvalue weighted by molar-refractivity contribution is 9.10. The molecule has 1 aromatic carbocycles. The third kappa shape index (κ3) is 2.60. The molecule has 0 radical (unpaired) electrons. The Labute approximate surface area is 118 Å². The van der Waals surface area contributed by atoms with Gasteiger partial charge in [-0.3, -0.25) is 0 Å². The molecule has 0 bridgehead atoms. The number of halogens is 2. The zero-order valence-corrected chi connectivity index (χ0v) is 11.9. The lowest BCUT2D eigenvalue weighted by Crippen LogP contribution is -2.12. The van der Waals surface area contributed by atoms with E-state index in [1.165, 1.54) is 6.07 Å². The van der Waals surface area contributed by atoms with Gasteiger partial charge < -0.3 is 9.67 Å². The van der Waals surface area contributed by atoms with Crippen LogP contribution in [0.15, 0.2) is 41.0 Å². The van der Waals surface area contributed by atoms with Crippen LogP contribution in [0.5, 0.6) is 0 Å². The first-order chi connectivity index (χ1) is 8.49. The molecule has 0 aliphatic heterocycles. The number of carbonyl (C=O) groups is 1. The van der Waals surface area contributed by atoms with Crippen LogP contribution in [0.2, 0.25) is 5.02 Å². The summed E-state index contributed by atoms with van der Waals surface area (Å²) in [6.07, 6.45) is 1.64. The summed E-state index contributed by atoms with van der Waals surface area (Å²) in [5.41, 5.74) is 1.21. The first-order valence-electron chi connectivity index (χ1n) is 5.35. The maximum Gasteiger partial charge on any atom is 0.352 e. The molecule has 1 heterocycles. The van der Waals surface area contributed by atoms with Crippen molar-refractivity contribution in [2.24, 2.45) is 0 Å². The van der Waals surface area contributed by atoms with E-state index in [-0.39, 0.29) is 11.7 Å². The molecule has 0 aliphatic rings. The van der Waals surface area contributed by atoms with Crippen LogP contribution in [0.1, 0.15) is 29.0 Å². The molecule has 2 aromatic rings. The molecule has 0 amide bonds. The Morgan fingerprint density at radius 3 is 2.56 bits per heavy atom. The van der Waals surface area contributed by atoms with Crippen LogP contribution in [-0.2, 0) is 0 Å². The molecule has 5 heteroatoms. The van der Waals surface area contributed by atoms with Crippen molar-refractivity contribution in [2.45, 2.75) is 13.0 Å². The van der Waals surface area contributed by atoms with Crippen LogP contribution < -0.4 is 0 Å². The summed E-state index contributed by atoms with van der Waals surface area (Å²) >= 11 is 9.25. The largest absolute Gasteiger partial charge is 0.477 e. The Bertz CT molecular complexity index is 577. The molecule has 0 fully saturated rings. The van der Waals surface area contributed by atoms with Crippen molar-refractivity contribution < 1.29 is 9.90 Å². The first kappa shape index (κ1) is 13.2. The maximum atomic E-state index is 11.1. The highest BCUT2D eigenvalue weighted by atomic mass is 79.9. The van der Waals surface area contributed by atoms with E-state index in [2.05, 4.69) is 15.9 Å². The SMILES string of the molecule is CC(c1ccc(Br)cc1)n1cc(Cl)cc1C(=O)O. The highest BCUT2D eigenvalue weighted by Gasteiger charge is 2.17. The van der Waals surface area contributed by atoms with Crippen LogP contribution in [0.25, 0.3) is 0 Å². The van der Waals surface area contributed by atoms with Crippen LogP contribution in [0.3, 0.4) is 0 Å². The highest BCUT2D eigenvalue weighted by Crippen LogP contribution is 2.25. The molecule has 1 aromatic heterocycles. The van der Waals surface area contributed by atoms with E-state index in [1.807, 2.05) is 31.2 Å². The molecule has 0 spiro atoms. The molecule has 3 nitrogen and oxygen atoms in total. The Morgan fingerprint density at radius 1 is 1.39 bits per heavy atom. The maximum absolute atomic E-state index is 11.1. The van der Waals surface area contributed by atoms with Crippen molar-refractivity contribution in [1.29, 1.82) is 0 Å². The van der Waals surface area contributed by atoms with Crippen LogP contribution in [0.4, 0.5) is 0 Å². The standard InChI is InChI=1S/C13H11BrClNO2/c1-8(9-2-4-10(14)5-3-9)16-7-11(15)6-12(16)13(17)18/h2-8H,1H3,(H,17,18). The predicted molar refractivity (Wildman–Crippen MR) is 74.4 cm³/mol. The third-order valence-electron chi connectivity index (χ3n) is 2.80. The van der Waals surface area contributed by atoms with Gasteiger partial charge in [0, 0.05) is 10.7 Å². The summed E-state index contributed by atoms with van der Waals surface area (Å²) in [4.78, 5) is 11.1. The van der Waals surface area contributed by atoms with Crippen molar-refractivity contribution >= 4 is 33.5 Å². The Morgan fingerprint density at radius 2 is 2.00 bits per heavy atom. The number of benzene rings is 1. The smallest absolute Gasteiger partial charge is 0.352 e. The number of aromatic carboxylic acids is 1. The average molecular weight is 329 g/mol. The number of hydrogen-bond donors (Lipinski definition) is 1. The fourth-order valence-corrected chi connectivity index (χ4v) is 2.31. The van der Waals surface area contributed by atoms with Crippen molar-refractivity contribution in [1.82, 2.24) is 4.57 Å². The van der Waals surface area contributed by atoms with Gasteiger partial charge >= 0.3 is 5.97 Å². The minimum Gasteiger partial charge on any atom is -0.477 e. The molecule has 1 atom stereocenters. The number of rotatable bonds is 3. The lowest BCUT2D eigenvalue weighted by molar-refractivity contribution is 0.0684. The number of nitrogens with zero attached hydrogens (tertiary/aromatic N) is 1. The van der Waals surface area contributed by atoms with Gasteiger partial charge in [0.15, 0.2) is 0 Å². The zero-order chi connectivity index (χ0) is 13.3. The molecule has 1 unspecified atom stereocenters. The summed E-state index contributed by atoms with van der Waals surface area (Å²) in [5.74, 6) is -0.981. The van der Waals surface area contributed by atoms with Crippen molar-refractivity contribution in [3.05, 3.63) is 57.3 Å². The molecule has 18 heavy (non-hydrogen) atoms. The van der Waals surface area contributed by atoms with Crippen LogP contribution >= 0.6 is 27.5 Å². The van der Waals surface area contributed by atoms with Gasteiger partial charge in [-0.25, -0.2) is 4.79 Å². The van der Waals surface area contributed by atoms with E-state index in [0.717, 1.165) is 10.0 Å². The summed E-state index contributed by atoms with van der Waals surface area (Å²) < 4.78 is 2.65. The number of aromatic nitrogens is 1. The number of carboxylic acid groups (broad SMARTS) is 1. The van der Waals surface area contributed by atoms with E-state index in [4.69, 9.17) is 16.7 Å². The van der Waals surface area contributed by atoms with Gasteiger partial charge in [0.25, 0.3) is 0 Å². The second-order valence-corrected chi connectivity index (χ2v) is 5.34. The number of hydrogen-bond acceptors (Lipinski definition) is 1. The molecule has 94 valence electrons. The van der Waals surface area contributed by atoms with Gasteiger partial charge in [0.2, 0.25) is 0 Å². The van der Waals surface area contributed by atoms with Gasteiger partial charge in [-0.2, -0.15) is 0 Å². The Kier molecular flexibility index (Phi) is 3.78. The molecule has 2 rings (SSSR count). The lowest BCUT2D eigenvalue weighted by atomic mass is 10.1. The van der Waals surface area contributed by atoms with Gasteiger partial charge in [-0.05, 0) is 30.7 Å². The van der Waals surface area contributed by atoms with Crippen molar-refractivity contribution in [3.63, 3.8) is 0 Å². The second-order valence-electron chi connectivity index (χ2n) is 3.98. The molecule has 0 saturated heterocycles.